The zero-order valence-electron chi connectivity index (χ0n) is 12.2. The number of hydrogen-bond acceptors (Lipinski definition) is 5. The van der Waals surface area contributed by atoms with Crippen LogP contribution in [0.3, 0.4) is 0 Å². The molecule has 0 spiro atoms. The number of carbonyl (C=O) groups is 2. The van der Waals surface area contributed by atoms with Crippen LogP contribution in [0, 0.1) is 23.7 Å². The Balaban J connectivity index is 2.31. The van der Waals surface area contributed by atoms with Crippen molar-refractivity contribution in [2.45, 2.75) is 36.8 Å². The van der Waals surface area contributed by atoms with Gasteiger partial charge >= 0.3 is 33.5 Å². The summed E-state index contributed by atoms with van der Waals surface area (Å²) in [6.07, 6.45) is -9.49. The van der Waals surface area contributed by atoms with Crippen molar-refractivity contribution in [3.05, 3.63) is 0 Å². The van der Waals surface area contributed by atoms with Crippen LogP contribution in [-0.4, -0.2) is 47.6 Å². The van der Waals surface area contributed by atoms with Crippen molar-refractivity contribution in [2.75, 3.05) is 0 Å². The second-order valence-electron chi connectivity index (χ2n) is 6.12. The van der Waals surface area contributed by atoms with Crippen LogP contribution < -0.4 is 0 Å². The largest absolute Gasteiger partial charge is 0.481 e. The molecule has 5 atom stereocenters. The van der Waals surface area contributed by atoms with Crippen molar-refractivity contribution in [1.29, 1.82) is 0 Å². The van der Waals surface area contributed by atoms with Crippen LogP contribution in [0.25, 0.3) is 0 Å². The molecule has 2 fully saturated rings. The van der Waals surface area contributed by atoms with Gasteiger partial charge in [-0.3, -0.25) is 14.1 Å². The predicted molar refractivity (Wildman–Crippen MR) is 67.9 cm³/mol. The quantitative estimate of drug-likeness (QED) is 0.412. The first-order valence-electron chi connectivity index (χ1n) is 7.02. The smallest absolute Gasteiger partial charge is 0.432 e. The third kappa shape index (κ3) is 3.43. The highest BCUT2D eigenvalue weighted by Crippen LogP contribution is 2.53. The second-order valence-corrected chi connectivity index (χ2v) is 7.61. The van der Waals surface area contributed by atoms with Gasteiger partial charge in [-0.2, -0.15) is 30.4 Å². The van der Waals surface area contributed by atoms with Crippen molar-refractivity contribution in [3.63, 3.8) is 0 Å². The normalized spacial score (nSPS) is 31.0. The first-order chi connectivity index (χ1) is 11.2. The molecule has 0 radical (unpaired) electrons. The topological polar surface area (TPSA) is 118 Å². The molecule has 2 saturated carbocycles. The molecule has 2 N–H and O–H groups in total. The lowest BCUT2D eigenvalue weighted by Crippen LogP contribution is -2.53. The monoisotopic (exact) mass is 396 g/mol. The van der Waals surface area contributed by atoms with Gasteiger partial charge in [0.25, 0.3) is 6.10 Å². The van der Waals surface area contributed by atoms with Gasteiger partial charge in [-0.15, -0.1) is 0 Å². The molecule has 25 heavy (non-hydrogen) atoms. The molecular formula is C12H13F5O7S. The third-order valence-electron chi connectivity index (χ3n) is 4.65. The molecule has 5 unspecified atom stereocenters. The number of carboxylic acid groups (broad SMARTS) is 1. The van der Waals surface area contributed by atoms with Crippen molar-refractivity contribution in [1.82, 2.24) is 0 Å². The Hall–Kier alpha value is -1.50. The highest BCUT2D eigenvalue weighted by Gasteiger charge is 2.67. The Morgan fingerprint density at radius 2 is 1.52 bits per heavy atom. The molecule has 0 aliphatic heterocycles. The van der Waals surface area contributed by atoms with Crippen LogP contribution in [0.15, 0.2) is 0 Å². The SMILES string of the molecule is O=C(O)C1C2CCC(C2)C1C(=O)OC(C(F)(F)F)C(F)(F)S(=O)(=O)O. The van der Waals surface area contributed by atoms with E-state index in [1.54, 1.807) is 0 Å². The number of fused-ring (bicyclic) bond motifs is 2. The van der Waals surface area contributed by atoms with E-state index in [9.17, 15) is 40.0 Å². The number of carboxylic acids is 1. The fourth-order valence-electron chi connectivity index (χ4n) is 3.64. The molecule has 0 aromatic heterocycles. The van der Waals surface area contributed by atoms with Gasteiger partial charge in [0.2, 0.25) is 0 Å². The number of ether oxygens (including phenoxy) is 1. The molecule has 144 valence electrons. The minimum Gasteiger partial charge on any atom is -0.481 e. The van der Waals surface area contributed by atoms with E-state index in [0.717, 1.165) is 0 Å². The number of rotatable bonds is 5. The molecular weight excluding hydrogens is 383 g/mol. The highest BCUT2D eigenvalue weighted by molar-refractivity contribution is 7.86. The average Bonchev–Trinajstić information content (AvgIpc) is 3.01. The molecule has 13 heteroatoms. The van der Waals surface area contributed by atoms with Crippen LogP contribution >= 0.6 is 0 Å². The minimum absolute atomic E-state index is 0.224. The van der Waals surface area contributed by atoms with Gasteiger partial charge in [0.05, 0.1) is 11.8 Å². The number of hydrogen-bond donors (Lipinski definition) is 2. The Kier molecular flexibility index (Phi) is 4.79. The van der Waals surface area contributed by atoms with E-state index < -0.39 is 63.3 Å². The van der Waals surface area contributed by atoms with Crippen molar-refractivity contribution in [3.8, 4) is 0 Å². The fraction of sp³-hybridized carbons (Fsp3) is 0.833. The Labute approximate surface area is 137 Å². The summed E-state index contributed by atoms with van der Waals surface area (Å²) in [6.45, 7) is 0. The van der Waals surface area contributed by atoms with Crippen molar-refractivity contribution < 1.29 is 54.4 Å². The standard InChI is InChI=1S/C12H13F5O7S/c13-11(14,15)10(12(16,17)25(21,22)23)24-9(20)7-5-2-1-4(3-5)6(7)8(18)19/h4-7,10H,1-3H2,(H,18,19)(H,21,22,23). The molecule has 7 nitrogen and oxygen atoms in total. The maximum atomic E-state index is 13.4. The van der Waals surface area contributed by atoms with Crippen LogP contribution in [-0.2, 0) is 24.4 Å². The van der Waals surface area contributed by atoms with Gasteiger partial charge in [-0.25, -0.2) is 0 Å². The molecule has 0 aromatic carbocycles. The van der Waals surface area contributed by atoms with Gasteiger partial charge in [0, 0.05) is 0 Å². The van der Waals surface area contributed by atoms with Gasteiger partial charge in [-0.1, -0.05) is 0 Å². The third-order valence-corrected chi connectivity index (χ3v) is 5.56. The summed E-state index contributed by atoms with van der Waals surface area (Å²) in [6, 6.07) is 0. The van der Waals surface area contributed by atoms with E-state index >= 15 is 0 Å². The maximum absolute atomic E-state index is 13.4. The van der Waals surface area contributed by atoms with E-state index in [-0.39, 0.29) is 6.42 Å². The van der Waals surface area contributed by atoms with E-state index in [4.69, 9.17) is 9.66 Å². The number of alkyl halides is 5. The second kappa shape index (κ2) is 6.04. The Morgan fingerprint density at radius 3 is 1.92 bits per heavy atom. The first kappa shape index (κ1) is 19.8. The van der Waals surface area contributed by atoms with Gasteiger partial charge < -0.3 is 9.84 Å². The maximum Gasteiger partial charge on any atom is 0.432 e. The average molecular weight is 396 g/mol. The number of halogens is 5. The van der Waals surface area contributed by atoms with E-state index in [0.29, 0.717) is 12.8 Å². The first-order valence-corrected chi connectivity index (χ1v) is 8.46. The summed E-state index contributed by atoms with van der Waals surface area (Å²) in [5.41, 5.74) is 0. The molecule has 0 heterocycles. The summed E-state index contributed by atoms with van der Waals surface area (Å²) in [7, 11) is -6.54. The van der Waals surface area contributed by atoms with Crippen LogP contribution in [0.1, 0.15) is 19.3 Å². The summed E-state index contributed by atoms with van der Waals surface area (Å²) in [5.74, 6) is -7.46. The lowest BCUT2D eigenvalue weighted by molar-refractivity contribution is -0.261. The Morgan fingerprint density at radius 1 is 1.04 bits per heavy atom. The van der Waals surface area contributed by atoms with Gasteiger partial charge in [0.15, 0.2) is 0 Å². The summed E-state index contributed by atoms with van der Waals surface area (Å²) in [5, 5.41) is 3.29. The summed E-state index contributed by atoms with van der Waals surface area (Å²) in [4.78, 5) is 23.2. The molecule has 0 amide bonds. The summed E-state index contributed by atoms with van der Waals surface area (Å²) >= 11 is 0. The summed E-state index contributed by atoms with van der Waals surface area (Å²) < 4.78 is 98.4. The highest BCUT2D eigenvalue weighted by atomic mass is 32.2. The number of esters is 1. The molecule has 2 rings (SSSR count). The van der Waals surface area contributed by atoms with Crippen LogP contribution in [0.2, 0.25) is 0 Å². The van der Waals surface area contributed by atoms with Gasteiger partial charge in [-0.05, 0) is 31.1 Å². The lowest BCUT2D eigenvalue weighted by Gasteiger charge is -2.30. The van der Waals surface area contributed by atoms with Crippen LogP contribution in [0.4, 0.5) is 22.0 Å². The molecule has 2 aliphatic rings. The number of aliphatic carboxylic acids is 1. The lowest BCUT2D eigenvalue weighted by atomic mass is 9.79. The van der Waals surface area contributed by atoms with E-state index in [2.05, 4.69) is 4.74 Å². The van der Waals surface area contributed by atoms with E-state index in [1.165, 1.54) is 0 Å². The van der Waals surface area contributed by atoms with Crippen molar-refractivity contribution in [2.24, 2.45) is 23.7 Å². The predicted octanol–water partition coefficient (Wildman–Crippen LogP) is 1.69. The Bertz CT molecular complexity index is 674. The fourth-order valence-corrected chi connectivity index (χ4v) is 4.09. The minimum atomic E-state index is -6.54. The zero-order chi connectivity index (χ0) is 19.4. The van der Waals surface area contributed by atoms with Crippen LogP contribution in [0.5, 0.6) is 0 Å². The molecule has 0 aromatic rings. The molecule has 2 bridgehead atoms. The molecule has 0 saturated heterocycles. The number of carbonyl (C=O) groups excluding carboxylic acids is 1. The van der Waals surface area contributed by atoms with Gasteiger partial charge in [0.1, 0.15) is 0 Å². The zero-order valence-corrected chi connectivity index (χ0v) is 13.1. The van der Waals surface area contributed by atoms with Crippen molar-refractivity contribution >= 4 is 22.1 Å². The van der Waals surface area contributed by atoms with E-state index in [1.807, 2.05) is 0 Å². The molecule has 2 aliphatic carbocycles.